The van der Waals surface area contributed by atoms with Gasteiger partial charge in [0.05, 0.1) is 12.5 Å². The van der Waals surface area contributed by atoms with Gasteiger partial charge in [-0.15, -0.1) is 0 Å². The molecule has 0 spiro atoms. The first kappa shape index (κ1) is 9.01. The van der Waals surface area contributed by atoms with Gasteiger partial charge in [-0.1, -0.05) is 11.3 Å². The van der Waals surface area contributed by atoms with E-state index in [1.54, 1.807) is 7.11 Å². The molecule has 0 saturated heterocycles. The van der Waals surface area contributed by atoms with Crippen molar-refractivity contribution in [2.75, 3.05) is 12.8 Å². The molecule has 0 fully saturated rings. The fraction of sp³-hybridized carbons (Fsp3) is 0.250. The van der Waals surface area contributed by atoms with Crippen LogP contribution in [0.25, 0.3) is 10.2 Å². The van der Waals surface area contributed by atoms with E-state index >= 15 is 0 Å². The third-order valence-corrected chi connectivity index (χ3v) is 3.13. The number of fused-ring (bicyclic) bond motifs is 1. The van der Waals surface area contributed by atoms with Crippen molar-refractivity contribution >= 4 is 27.4 Å². The first-order valence-electron chi connectivity index (χ1n) is 3.96. The first-order valence-corrected chi connectivity index (χ1v) is 4.78. The van der Waals surface area contributed by atoms with E-state index < -0.39 is 5.69 Å². The fourth-order valence-corrected chi connectivity index (χ4v) is 2.37. The molecule has 74 valence electrons. The summed E-state index contributed by atoms with van der Waals surface area (Å²) >= 11 is 1.32. The van der Waals surface area contributed by atoms with Crippen LogP contribution in [-0.4, -0.2) is 17.1 Å². The van der Waals surface area contributed by atoms with Crippen LogP contribution in [-0.2, 0) is 0 Å². The van der Waals surface area contributed by atoms with Gasteiger partial charge >= 0.3 is 5.69 Å². The molecule has 2 aromatic heterocycles. The van der Waals surface area contributed by atoms with E-state index in [1.807, 2.05) is 6.92 Å². The zero-order valence-electron chi connectivity index (χ0n) is 7.75. The maximum absolute atomic E-state index is 11.0. The number of nitrogens with zero attached hydrogens (tertiary/aromatic N) is 1. The van der Waals surface area contributed by atoms with E-state index in [1.165, 1.54) is 11.3 Å². The molecule has 0 radical (unpaired) electrons. The van der Waals surface area contributed by atoms with Crippen LogP contribution in [0.3, 0.4) is 0 Å². The van der Waals surface area contributed by atoms with E-state index in [0.717, 1.165) is 16.0 Å². The molecule has 0 saturated carbocycles. The van der Waals surface area contributed by atoms with Crippen LogP contribution in [0.4, 0.5) is 5.82 Å². The Kier molecular flexibility index (Phi) is 1.92. The van der Waals surface area contributed by atoms with Crippen molar-refractivity contribution in [1.29, 1.82) is 0 Å². The average molecular weight is 211 g/mol. The lowest BCUT2D eigenvalue weighted by Gasteiger charge is -1.96. The number of hydrogen-bond donors (Lipinski definition) is 2. The fourth-order valence-electron chi connectivity index (χ4n) is 1.37. The van der Waals surface area contributed by atoms with Gasteiger partial charge in [-0.3, -0.25) is 4.98 Å². The van der Waals surface area contributed by atoms with Crippen LogP contribution in [0.15, 0.2) is 4.79 Å². The molecule has 2 rings (SSSR count). The molecule has 0 atom stereocenters. The smallest absolute Gasteiger partial charge is 0.347 e. The summed E-state index contributed by atoms with van der Waals surface area (Å²) in [6, 6.07) is 0. The second-order valence-corrected chi connectivity index (χ2v) is 3.82. The minimum atomic E-state index is -0.432. The molecule has 0 aliphatic rings. The van der Waals surface area contributed by atoms with Crippen LogP contribution in [0.1, 0.15) is 5.56 Å². The first-order chi connectivity index (χ1) is 6.63. The van der Waals surface area contributed by atoms with Gasteiger partial charge < -0.3 is 10.5 Å². The number of H-pyrrole nitrogens is 1. The molecule has 0 amide bonds. The Morgan fingerprint density at radius 1 is 1.57 bits per heavy atom. The van der Waals surface area contributed by atoms with E-state index in [4.69, 9.17) is 10.5 Å². The molecule has 5 nitrogen and oxygen atoms in total. The van der Waals surface area contributed by atoms with Gasteiger partial charge in [0.1, 0.15) is 10.6 Å². The van der Waals surface area contributed by atoms with Crippen molar-refractivity contribution in [3.63, 3.8) is 0 Å². The quantitative estimate of drug-likeness (QED) is 0.733. The van der Waals surface area contributed by atoms with Crippen LogP contribution in [0.5, 0.6) is 5.06 Å². The van der Waals surface area contributed by atoms with E-state index in [9.17, 15) is 4.79 Å². The summed E-state index contributed by atoms with van der Waals surface area (Å²) in [7, 11) is 1.58. The Labute approximate surface area is 83.5 Å². The number of aromatic amines is 1. The normalized spacial score (nSPS) is 10.7. The summed E-state index contributed by atoms with van der Waals surface area (Å²) in [4.78, 5) is 17.9. The highest BCUT2D eigenvalue weighted by atomic mass is 32.1. The topological polar surface area (TPSA) is 81.0 Å². The lowest BCUT2D eigenvalue weighted by atomic mass is 10.2. The van der Waals surface area contributed by atoms with E-state index in [2.05, 4.69) is 9.97 Å². The largest absolute Gasteiger partial charge is 0.487 e. The summed E-state index contributed by atoms with van der Waals surface area (Å²) in [6.07, 6.45) is 0. The van der Waals surface area contributed by atoms with Crippen molar-refractivity contribution in [3.8, 4) is 5.06 Å². The number of nitrogens with one attached hydrogen (secondary N) is 1. The number of aryl methyl sites for hydroxylation is 1. The molecular formula is C8H9N3O2S. The Hall–Kier alpha value is -1.56. The Morgan fingerprint density at radius 3 is 2.93 bits per heavy atom. The van der Waals surface area contributed by atoms with Crippen LogP contribution < -0.4 is 16.2 Å². The van der Waals surface area contributed by atoms with Gasteiger partial charge in [0.25, 0.3) is 0 Å². The van der Waals surface area contributed by atoms with Crippen molar-refractivity contribution in [2.24, 2.45) is 0 Å². The zero-order valence-corrected chi connectivity index (χ0v) is 8.57. The highest BCUT2D eigenvalue weighted by Gasteiger charge is 2.13. The molecule has 2 heterocycles. The number of ether oxygens (including phenoxy) is 1. The van der Waals surface area contributed by atoms with Gasteiger partial charge in [-0.25, -0.2) is 4.79 Å². The van der Waals surface area contributed by atoms with Gasteiger partial charge in [0.2, 0.25) is 0 Å². The number of hydrogen-bond acceptors (Lipinski definition) is 5. The van der Waals surface area contributed by atoms with Crippen LogP contribution in [0.2, 0.25) is 0 Å². The average Bonchev–Trinajstić information content (AvgIpc) is 2.42. The monoisotopic (exact) mass is 211 g/mol. The molecule has 2 aromatic rings. The molecule has 3 N–H and O–H groups in total. The van der Waals surface area contributed by atoms with Gasteiger partial charge in [-0.2, -0.15) is 4.98 Å². The van der Waals surface area contributed by atoms with Crippen molar-refractivity contribution < 1.29 is 4.74 Å². The van der Waals surface area contributed by atoms with Gasteiger partial charge in [-0.05, 0) is 6.92 Å². The summed E-state index contributed by atoms with van der Waals surface area (Å²) in [6.45, 7) is 1.88. The standard InChI is InChI=1S/C8H9N3O2S/c1-3-4-5(9)10-8(12)11-6(4)14-7(3)13-2/h1-2H3,(H3,9,10,11,12). The summed E-state index contributed by atoms with van der Waals surface area (Å²) in [5, 5.41) is 1.50. The maximum Gasteiger partial charge on any atom is 0.347 e. The number of methoxy groups -OCH3 is 1. The predicted molar refractivity (Wildman–Crippen MR) is 55.9 cm³/mol. The molecule has 0 aliphatic heterocycles. The second-order valence-electron chi connectivity index (χ2n) is 2.85. The molecular weight excluding hydrogens is 202 g/mol. The maximum atomic E-state index is 11.0. The van der Waals surface area contributed by atoms with E-state index in [-0.39, 0.29) is 0 Å². The molecule has 6 heteroatoms. The number of rotatable bonds is 1. The third kappa shape index (κ3) is 1.15. The molecule has 0 bridgehead atoms. The Morgan fingerprint density at radius 2 is 2.29 bits per heavy atom. The molecule has 14 heavy (non-hydrogen) atoms. The highest BCUT2D eigenvalue weighted by Crippen LogP contribution is 2.36. The lowest BCUT2D eigenvalue weighted by Crippen LogP contribution is -2.11. The minimum Gasteiger partial charge on any atom is -0.487 e. The lowest BCUT2D eigenvalue weighted by molar-refractivity contribution is 0.425. The Balaban J connectivity index is 2.92. The predicted octanol–water partition coefficient (Wildman–Crippen LogP) is 0.884. The summed E-state index contributed by atoms with van der Waals surface area (Å²) < 4.78 is 5.13. The Bertz CT molecular complexity index is 543. The number of nitrogen functional groups attached to an aromatic ring is 1. The molecule has 0 aromatic carbocycles. The SMILES string of the molecule is COc1sc2nc(=O)[nH]c(N)c2c1C. The second kappa shape index (κ2) is 2.98. The van der Waals surface area contributed by atoms with Crippen LogP contribution in [0, 0.1) is 6.92 Å². The molecule has 0 aliphatic carbocycles. The number of thiophene rings is 1. The zero-order chi connectivity index (χ0) is 10.3. The number of aromatic nitrogens is 2. The minimum absolute atomic E-state index is 0.344. The summed E-state index contributed by atoms with van der Waals surface area (Å²) in [5.74, 6) is 0.344. The summed E-state index contributed by atoms with van der Waals surface area (Å²) in [5.41, 5.74) is 6.16. The highest BCUT2D eigenvalue weighted by molar-refractivity contribution is 7.20. The van der Waals surface area contributed by atoms with Crippen LogP contribution >= 0.6 is 11.3 Å². The van der Waals surface area contributed by atoms with Gasteiger partial charge in [0.15, 0.2) is 5.06 Å². The van der Waals surface area contributed by atoms with E-state index in [0.29, 0.717) is 10.6 Å². The van der Waals surface area contributed by atoms with Crippen molar-refractivity contribution in [1.82, 2.24) is 9.97 Å². The van der Waals surface area contributed by atoms with Gasteiger partial charge in [0, 0.05) is 5.56 Å². The van der Waals surface area contributed by atoms with Crippen molar-refractivity contribution in [3.05, 3.63) is 16.0 Å². The number of nitrogens with two attached hydrogens (primary N) is 1. The number of anilines is 1. The van der Waals surface area contributed by atoms with Crippen molar-refractivity contribution in [2.45, 2.75) is 6.92 Å². The third-order valence-electron chi connectivity index (χ3n) is 1.98. The molecule has 0 unspecified atom stereocenters.